The number of piperidine rings is 1. The minimum Gasteiger partial charge on any atom is -0.332 e. The molecule has 7 heterocycles. The first-order valence-corrected chi connectivity index (χ1v) is 24.6. The maximum absolute atomic E-state index is 13.6. The molecule has 11 rings (SSSR count). The Hall–Kier alpha value is -7.37. The number of carbonyl (C=O) groups excluding carboxylic acids is 4. The minimum absolute atomic E-state index is 0.00353. The van der Waals surface area contributed by atoms with E-state index in [-0.39, 0.29) is 30.0 Å². The number of piperazine rings is 1. The van der Waals surface area contributed by atoms with E-state index >= 15 is 0 Å². The molecule has 1 unspecified atom stereocenters. The zero-order chi connectivity index (χ0) is 47.6. The van der Waals surface area contributed by atoms with Crippen LogP contribution in [0.15, 0.2) is 109 Å². The summed E-state index contributed by atoms with van der Waals surface area (Å²) >= 11 is 0. The molecule has 352 valence electrons. The van der Waals surface area contributed by atoms with E-state index in [1.165, 1.54) is 5.56 Å². The van der Waals surface area contributed by atoms with Crippen LogP contribution in [-0.4, -0.2) is 134 Å². The molecule has 4 aromatic carbocycles. The fraction of sp³-hybridized carbons (Fsp3) is 0.316. The average molecular weight is 930 g/mol. The number of pyridine rings is 1. The third-order valence-corrected chi connectivity index (χ3v) is 14.6. The van der Waals surface area contributed by atoms with Crippen molar-refractivity contribution in [2.75, 3.05) is 58.9 Å². The normalized spacial score (nSPS) is 18.9. The number of carbonyl (C=O) groups is 4. The van der Waals surface area contributed by atoms with Crippen LogP contribution in [0.5, 0.6) is 0 Å². The second-order valence-corrected chi connectivity index (χ2v) is 19.1. The van der Waals surface area contributed by atoms with Gasteiger partial charge in [0, 0.05) is 105 Å². The number of nitrogens with one attached hydrogen (secondary N) is 1. The van der Waals surface area contributed by atoms with Gasteiger partial charge in [0.15, 0.2) is 5.82 Å². The van der Waals surface area contributed by atoms with Gasteiger partial charge in [0.1, 0.15) is 6.04 Å². The zero-order valence-electron chi connectivity index (χ0n) is 39.2. The van der Waals surface area contributed by atoms with Gasteiger partial charge in [-0.15, -0.1) is 0 Å². The van der Waals surface area contributed by atoms with Crippen molar-refractivity contribution in [2.45, 2.75) is 57.3 Å². The molecule has 0 saturated carbocycles. The fourth-order valence-corrected chi connectivity index (χ4v) is 10.5. The summed E-state index contributed by atoms with van der Waals surface area (Å²) in [6, 6.07) is 32.1. The van der Waals surface area contributed by atoms with Crippen molar-refractivity contribution in [1.29, 1.82) is 0 Å². The molecule has 5 aliphatic rings. The van der Waals surface area contributed by atoms with Gasteiger partial charge in [0.25, 0.3) is 11.8 Å². The maximum atomic E-state index is 13.6. The minimum atomic E-state index is -0.586. The van der Waals surface area contributed by atoms with Gasteiger partial charge in [0.2, 0.25) is 11.8 Å². The van der Waals surface area contributed by atoms with Gasteiger partial charge in [0.05, 0.1) is 24.3 Å². The Balaban J connectivity index is 0.591. The van der Waals surface area contributed by atoms with Crippen molar-refractivity contribution in [1.82, 2.24) is 44.8 Å². The van der Waals surface area contributed by atoms with Crippen molar-refractivity contribution in [3.63, 3.8) is 0 Å². The monoisotopic (exact) mass is 929 g/mol. The summed E-state index contributed by atoms with van der Waals surface area (Å²) in [6.07, 6.45) is 11.1. The Morgan fingerprint density at radius 3 is 2.37 bits per heavy atom. The molecule has 5 aliphatic heterocycles. The smallest absolute Gasteiger partial charge is 0.255 e. The van der Waals surface area contributed by atoms with E-state index in [2.05, 4.69) is 90.4 Å². The second kappa shape index (κ2) is 19.9. The summed E-state index contributed by atoms with van der Waals surface area (Å²) in [5, 5.41) is 3.43. The number of hydrogen-bond donors (Lipinski definition) is 1. The lowest BCUT2D eigenvalue weighted by molar-refractivity contribution is -0.136. The van der Waals surface area contributed by atoms with Crippen LogP contribution in [0.3, 0.4) is 0 Å². The Kier molecular flexibility index (Phi) is 12.8. The van der Waals surface area contributed by atoms with Crippen molar-refractivity contribution in [2.24, 2.45) is 0 Å². The van der Waals surface area contributed by atoms with Crippen molar-refractivity contribution < 1.29 is 19.2 Å². The number of rotatable bonds is 11. The fourth-order valence-electron chi connectivity index (χ4n) is 10.5. The zero-order valence-corrected chi connectivity index (χ0v) is 39.2. The van der Waals surface area contributed by atoms with Gasteiger partial charge < -0.3 is 14.7 Å². The lowest BCUT2D eigenvalue weighted by Crippen LogP contribution is -2.63. The van der Waals surface area contributed by atoms with Crippen LogP contribution >= 0.6 is 0 Å². The predicted octanol–water partition coefficient (Wildman–Crippen LogP) is 6.11. The van der Waals surface area contributed by atoms with E-state index in [1.54, 1.807) is 4.90 Å². The van der Waals surface area contributed by atoms with E-state index in [4.69, 9.17) is 4.98 Å². The van der Waals surface area contributed by atoms with E-state index in [0.29, 0.717) is 49.0 Å². The molecule has 2 aromatic heterocycles. The van der Waals surface area contributed by atoms with Gasteiger partial charge in [-0.3, -0.25) is 39.3 Å². The van der Waals surface area contributed by atoms with E-state index in [0.717, 1.165) is 122 Å². The van der Waals surface area contributed by atoms with Crippen LogP contribution in [-0.2, 0) is 35.5 Å². The molecule has 13 nitrogen and oxygen atoms in total. The van der Waals surface area contributed by atoms with Crippen molar-refractivity contribution in [3.05, 3.63) is 160 Å². The van der Waals surface area contributed by atoms with Crippen molar-refractivity contribution in [3.8, 4) is 23.2 Å². The molecule has 1 N–H and O–H groups in total. The number of fused-ring (bicyclic) bond motifs is 3. The summed E-state index contributed by atoms with van der Waals surface area (Å²) in [6.45, 7) is 9.62. The Morgan fingerprint density at radius 1 is 0.786 bits per heavy atom. The van der Waals surface area contributed by atoms with E-state index in [9.17, 15) is 19.2 Å². The summed E-state index contributed by atoms with van der Waals surface area (Å²) < 4.78 is 0. The number of likely N-dealkylation sites (tertiary alicyclic amines) is 1. The predicted molar refractivity (Wildman–Crippen MR) is 269 cm³/mol. The number of hydrogen-bond acceptors (Lipinski definition) is 10. The summed E-state index contributed by atoms with van der Waals surface area (Å²) in [7, 11) is 0. The number of amides is 4. The molecule has 13 heteroatoms. The first-order valence-electron chi connectivity index (χ1n) is 24.6. The van der Waals surface area contributed by atoms with Crippen LogP contribution in [0.25, 0.3) is 34.4 Å². The van der Waals surface area contributed by atoms with Crippen LogP contribution in [0.4, 0.5) is 0 Å². The highest BCUT2D eigenvalue weighted by atomic mass is 16.2. The van der Waals surface area contributed by atoms with Gasteiger partial charge in [-0.2, -0.15) is 0 Å². The Bertz CT molecular complexity index is 3070. The number of para-hydroxylation sites is 1. The highest BCUT2D eigenvalue weighted by Crippen LogP contribution is 2.31. The van der Waals surface area contributed by atoms with Gasteiger partial charge >= 0.3 is 0 Å². The molecule has 3 saturated heterocycles. The largest absolute Gasteiger partial charge is 0.332 e. The standard InChI is InChI=1S/C57H55N9O4/c67-53-23-22-52(55(68)61-53)66-37-49-42(8-3-10-48(49)57(66)70)9-5-26-63-35-47(36-63)64-30-28-62(29-31-64)25-4-6-39-12-14-40(15-13-39)16-17-41-18-20-43(21-19-41)56(69)65-27-24-45-33-59-54(60-51(45)38-65)46-32-44-7-1-2-11-50(44)58-34-46/h1-3,7-8,10-21,32-34,47,52H,5,9,22-31,35-38H2,(H,61,67,68)/b17-16+. The molecule has 0 spiro atoms. The maximum Gasteiger partial charge on any atom is 0.255 e. The SMILES string of the molecule is O=C1CCC(N2Cc3c(CCCN4CC(N5CCN(CC#Cc6ccc(/C=C/c7ccc(C(=O)N8CCc9cnc(-c%10cnc%11ccccc%11c%10)nc9C8)cc7)cc6)CC5)C4)cccc3C2=O)C(=O)N1. The molecule has 70 heavy (non-hydrogen) atoms. The second-order valence-electron chi connectivity index (χ2n) is 19.1. The molecule has 0 radical (unpaired) electrons. The van der Waals surface area contributed by atoms with Gasteiger partial charge in [-0.25, -0.2) is 9.97 Å². The molecule has 0 bridgehead atoms. The lowest BCUT2D eigenvalue weighted by Gasteiger charge is -2.48. The number of benzene rings is 4. The van der Waals surface area contributed by atoms with Crippen molar-refractivity contribution >= 4 is 46.7 Å². The molecular formula is C57H55N9O4. The molecule has 0 aliphatic carbocycles. The number of aryl methyl sites for hydroxylation is 1. The van der Waals surface area contributed by atoms with E-state index in [1.807, 2.05) is 78.0 Å². The summed E-state index contributed by atoms with van der Waals surface area (Å²) in [5.74, 6) is 6.63. The Labute approximate surface area is 408 Å². The average Bonchev–Trinajstić information content (AvgIpc) is 3.72. The lowest BCUT2D eigenvalue weighted by atomic mass is 9.98. The van der Waals surface area contributed by atoms with Crippen LogP contribution in [0, 0.1) is 11.8 Å². The van der Waals surface area contributed by atoms with E-state index < -0.39 is 6.04 Å². The van der Waals surface area contributed by atoms with Crippen LogP contribution < -0.4 is 5.32 Å². The molecule has 6 aromatic rings. The third-order valence-electron chi connectivity index (χ3n) is 14.6. The quantitative estimate of drug-likeness (QED) is 0.0923. The number of imide groups is 1. The topological polar surface area (TPSA) is 135 Å². The van der Waals surface area contributed by atoms with Gasteiger partial charge in [-0.05, 0) is 103 Å². The highest BCUT2D eigenvalue weighted by Gasteiger charge is 2.40. The number of nitrogens with zero attached hydrogens (tertiary/aromatic N) is 8. The number of aromatic nitrogens is 3. The molecule has 4 amide bonds. The molecular weight excluding hydrogens is 875 g/mol. The van der Waals surface area contributed by atoms with Crippen LogP contribution in [0.2, 0.25) is 0 Å². The van der Waals surface area contributed by atoms with Crippen LogP contribution in [0.1, 0.15) is 79.1 Å². The van der Waals surface area contributed by atoms with Gasteiger partial charge in [-0.1, -0.05) is 78.6 Å². The Morgan fingerprint density at radius 2 is 1.57 bits per heavy atom. The highest BCUT2D eigenvalue weighted by molar-refractivity contribution is 6.05. The third kappa shape index (κ3) is 9.76. The summed E-state index contributed by atoms with van der Waals surface area (Å²) in [4.78, 5) is 76.2. The molecule has 3 fully saturated rings. The molecule has 1 atom stereocenters. The first kappa shape index (κ1) is 45.1. The first-order chi connectivity index (χ1) is 34.3. The summed E-state index contributed by atoms with van der Waals surface area (Å²) in [5.41, 5.74) is 10.4.